The Morgan fingerprint density at radius 2 is 2.04 bits per heavy atom. The molecule has 128 valence electrons. The summed E-state index contributed by atoms with van der Waals surface area (Å²) in [5.41, 5.74) is 0.259. The Morgan fingerprint density at radius 1 is 1.25 bits per heavy atom. The standard InChI is InChI=1S/C16H17F2N3OS2/c17-16(18)24-14-13(4-1-5-19-14)15(22)21-8-6-20(7-9-21)11-12-3-2-10-23-12/h1-5,10,16H,6-9,11H2. The van der Waals surface area contributed by atoms with Crippen molar-refractivity contribution in [2.75, 3.05) is 26.2 Å². The third kappa shape index (κ3) is 4.31. The quantitative estimate of drug-likeness (QED) is 0.757. The number of carbonyl (C=O) groups excluding carboxylic acids is 1. The van der Waals surface area contributed by atoms with E-state index < -0.39 is 5.76 Å². The van der Waals surface area contributed by atoms with Crippen LogP contribution in [0.4, 0.5) is 8.78 Å². The van der Waals surface area contributed by atoms with Crippen molar-refractivity contribution in [2.24, 2.45) is 0 Å². The van der Waals surface area contributed by atoms with Crippen LogP contribution in [0.25, 0.3) is 0 Å². The van der Waals surface area contributed by atoms with Gasteiger partial charge in [0.05, 0.1) is 5.56 Å². The van der Waals surface area contributed by atoms with E-state index in [0.717, 1.165) is 19.6 Å². The zero-order chi connectivity index (χ0) is 16.9. The molecule has 3 heterocycles. The third-order valence-electron chi connectivity index (χ3n) is 3.82. The van der Waals surface area contributed by atoms with E-state index in [4.69, 9.17) is 0 Å². The van der Waals surface area contributed by atoms with Gasteiger partial charge in [0, 0.05) is 43.8 Å². The minimum Gasteiger partial charge on any atom is -0.336 e. The van der Waals surface area contributed by atoms with Gasteiger partial charge in [0.25, 0.3) is 11.7 Å². The Balaban J connectivity index is 1.61. The largest absolute Gasteiger partial charge is 0.336 e. The molecule has 1 amide bonds. The summed E-state index contributed by atoms with van der Waals surface area (Å²) in [6, 6.07) is 7.31. The highest BCUT2D eigenvalue weighted by molar-refractivity contribution is 7.99. The van der Waals surface area contributed by atoms with E-state index in [1.165, 1.54) is 11.1 Å². The SMILES string of the molecule is O=C(c1cccnc1SC(F)F)N1CCN(Cc2cccs2)CC1. The van der Waals surface area contributed by atoms with Crippen molar-refractivity contribution in [2.45, 2.75) is 17.3 Å². The van der Waals surface area contributed by atoms with Crippen LogP contribution < -0.4 is 0 Å². The molecular formula is C16H17F2N3OS2. The fourth-order valence-corrected chi connectivity index (χ4v) is 3.95. The molecule has 0 aliphatic carbocycles. The molecule has 2 aromatic rings. The lowest BCUT2D eigenvalue weighted by Gasteiger charge is -2.34. The van der Waals surface area contributed by atoms with Crippen molar-refractivity contribution in [3.63, 3.8) is 0 Å². The second-order valence-corrected chi connectivity index (χ2v) is 7.39. The van der Waals surface area contributed by atoms with E-state index in [1.807, 2.05) is 6.07 Å². The first-order chi connectivity index (χ1) is 11.6. The fourth-order valence-electron chi connectivity index (χ4n) is 2.63. The maximum Gasteiger partial charge on any atom is 0.290 e. The predicted octanol–water partition coefficient (Wildman–Crippen LogP) is 3.42. The summed E-state index contributed by atoms with van der Waals surface area (Å²) in [4.78, 5) is 21.9. The minimum atomic E-state index is -2.59. The van der Waals surface area contributed by atoms with Gasteiger partial charge in [-0.05, 0) is 35.3 Å². The first-order valence-electron chi connectivity index (χ1n) is 7.57. The lowest BCUT2D eigenvalue weighted by atomic mass is 10.2. The molecule has 0 bridgehead atoms. The number of thiophene rings is 1. The second kappa shape index (κ2) is 8.04. The molecule has 4 nitrogen and oxygen atoms in total. The van der Waals surface area contributed by atoms with Crippen LogP contribution in [0.15, 0.2) is 40.9 Å². The smallest absolute Gasteiger partial charge is 0.290 e. The molecule has 0 atom stereocenters. The monoisotopic (exact) mass is 369 g/mol. The number of hydrogen-bond acceptors (Lipinski definition) is 5. The van der Waals surface area contributed by atoms with Crippen LogP contribution in [0, 0.1) is 0 Å². The number of aromatic nitrogens is 1. The summed E-state index contributed by atoms with van der Waals surface area (Å²) < 4.78 is 25.3. The number of alkyl halides is 2. The number of rotatable bonds is 5. The van der Waals surface area contributed by atoms with E-state index in [0.29, 0.717) is 24.9 Å². The summed E-state index contributed by atoms with van der Waals surface area (Å²) in [7, 11) is 0. The van der Waals surface area contributed by atoms with Crippen molar-refractivity contribution in [1.29, 1.82) is 0 Å². The number of pyridine rings is 1. The number of thioether (sulfide) groups is 1. The summed E-state index contributed by atoms with van der Waals surface area (Å²) in [5, 5.41) is 2.15. The van der Waals surface area contributed by atoms with Crippen molar-refractivity contribution in [3.05, 3.63) is 46.3 Å². The molecular weight excluding hydrogens is 352 g/mol. The van der Waals surface area contributed by atoms with E-state index in [9.17, 15) is 13.6 Å². The molecule has 3 rings (SSSR count). The molecule has 0 aromatic carbocycles. The highest BCUT2D eigenvalue weighted by Gasteiger charge is 2.25. The van der Waals surface area contributed by atoms with Crippen molar-refractivity contribution < 1.29 is 13.6 Å². The summed E-state index contributed by atoms with van der Waals surface area (Å²) in [5.74, 6) is -2.81. The van der Waals surface area contributed by atoms with Crippen LogP contribution in [-0.2, 0) is 6.54 Å². The van der Waals surface area contributed by atoms with Gasteiger partial charge < -0.3 is 4.90 Å². The number of amides is 1. The number of carbonyl (C=O) groups is 1. The lowest BCUT2D eigenvalue weighted by molar-refractivity contribution is 0.0625. The van der Waals surface area contributed by atoms with Gasteiger partial charge in [-0.15, -0.1) is 11.3 Å². The number of piperazine rings is 1. The van der Waals surface area contributed by atoms with E-state index in [2.05, 4.69) is 21.3 Å². The molecule has 1 aliphatic rings. The molecule has 0 N–H and O–H groups in total. The maximum absolute atomic E-state index is 12.6. The van der Waals surface area contributed by atoms with Crippen LogP contribution in [0.2, 0.25) is 0 Å². The highest BCUT2D eigenvalue weighted by atomic mass is 32.2. The zero-order valence-corrected chi connectivity index (χ0v) is 14.5. The fraction of sp³-hybridized carbons (Fsp3) is 0.375. The first kappa shape index (κ1) is 17.3. The van der Waals surface area contributed by atoms with Crippen LogP contribution in [-0.4, -0.2) is 52.6 Å². The van der Waals surface area contributed by atoms with Gasteiger partial charge in [-0.1, -0.05) is 6.07 Å². The molecule has 24 heavy (non-hydrogen) atoms. The van der Waals surface area contributed by atoms with E-state index >= 15 is 0 Å². The van der Waals surface area contributed by atoms with Crippen LogP contribution in [0.3, 0.4) is 0 Å². The third-order valence-corrected chi connectivity index (χ3v) is 5.41. The van der Waals surface area contributed by atoms with Crippen molar-refractivity contribution in [1.82, 2.24) is 14.8 Å². The Labute approximate surface area is 147 Å². The van der Waals surface area contributed by atoms with Gasteiger partial charge in [0.2, 0.25) is 0 Å². The van der Waals surface area contributed by atoms with Crippen LogP contribution in [0.1, 0.15) is 15.2 Å². The average molecular weight is 369 g/mol. The second-order valence-electron chi connectivity index (χ2n) is 5.38. The maximum atomic E-state index is 12.6. The Bertz CT molecular complexity index is 674. The zero-order valence-electron chi connectivity index (χ0n) is 12.9. The summed E-state index contributed by atoms with van der Waals surface area (Å²) >= 11 is 2.04. The normalized spacial score (nSPS) is 15.9. The molecule has 0 unspecified atom stereocenters. The molecule has 8 heteroatoms. The van der Waals surface area contributed by atoms with E-state index in [1.54, 1.807) is 28.4 Å². The number of halogens is 2. The van der Waals surface area contributed by atoms with Crippen LogP contribution in [0.5, 0.6) is 0 Å². The highest BCUT2D eigenvalue weighted by Crippen LogP contribution is 2.27. The van der Waals surface area contributed by atoms with Gasteiger partial charge >= 0.3 is 0 Å². The van der Waals surface area contributed by atoms with Gasteiger partial charge in [-0.25, -0.2) is 4.98 Å². The van der Waals surface area contributed by atoms with Gasteiger partial charge in [-0.3, -0.25) is 9.69 Å². The Hall–Kier alpha value is -1.51. The van der Waals surface area contributed by atoms with Gasteiger partial charge in [-0.2, -0.15) is 8.78 Å². The molecule has 0 saturated carbocycles. The minimum absolute atomic E-state index is 0.0958. The molecule has 1 aliphatic heterocycles. The first-order valence-corrected chi connectivity index (χ1v) is 9.33. The lowest BCUT2D eigenvalue weighted by Crippen LogP contribution is -2.48. The topological polar surface area (TPSA) is 36.4 Å². The summed E-state index contributed by atoms with van der Waals surface area (Å²) in [6.07, 6.45) is 1.43. The number of nitrogens with zero attached hydrogens (tertiary/aromatic N) is 3. The molecule has 0 spiro atoms. The van der Waals surface area contributed by atoms with E-state index in [-0.39, 0.29) is 16.5 Å². The van der Waals surface area contributed by atoms with Gasteiger partial charge in [0.1, 0.15) is 5.03 Å². The Morgan fingerprint density at radius 3 is 2.71 bits per heavy atom. The molecule has 2 aromatic heterocycles. The molecule has 1 fully saturated rings. The molecule has 1 saturated heterocycles. The average Bonchev–Trinajstić information content (AvgIpc) is 3.08. The summed E-state index contributed by atoms with van der Waals surface area (Å²) in [6.45, 7) is 3.64. The molecule has 0 radical (unpaired) electrons. The van der Waals surface area contributed by atoms with Gasteiger partial charge in [0.15, 0.2) is 0 Å². The predicted molar refractivity (Wildman–Crippen MR) is 91.6 cm³/mol. The number of hydrogen-bond donors (Lipinski definition) is 0. The van der Waals surface area contributed by atoms with Crippen LogP contribution >= 0.6 is 23.1 Å². The van der Waals surface area contributed by atoms with Crippen molar-refractivity contribution in [3.8, 4) is 0 Å². The van der Waals surface area contributed by atoms with Crippen molar-refractivity contribution >= 4 is 29.0 Å². The Kier molecular flexibility index (Phi) is 5.80.